The molecule has 2 aromatic heterocycles. The van der Waals surface area contributed by atoms with Crippen molar-refractivity contribution >= 4 is 23.4 Å². The number of carbonyl (C=O) groups excluding carboxylic acids is 1. The average molecular weight is 498 g/mol. The van der Waals surface area contributed by atoms with Crippen molar-refractivity contribution in [3.8, 4) is 0 Å². The Hall–Kier alpha value is -3.39. The van der Waals surface area contributed by atoms with Crippen LogP contribution in [0.5, 0.6) is 0 Å². The topological polar surface area (TPSA) is 112 Å². The number of halogens is 3. The molecule has 0 spiro atoms. The average Bonchev–Trinajstić information content (AvgIpc) is 3.39. The van der Waals surface area contributed by atoms with Crippen molar-refractivity contribution in [2.45, 2.75) is 32.6 Å². The number of hydrogen-bond donors (Lipinski definition) is 3. The van der Waals surface area contributed by atoms with Crippen LogP contribution in [0, 0.1) is 6.92 Å². The predicted molar refractivity (Wildman–Crippen MR) is 125 cm³/mol. The number of aromatic nitrogens is 4. The number of rotatable bonds is 5. The second-order valence-corrected chi connectivity index (χ2v) is 8.26. The molecule has 0 bridgehead atoms. The molecular weight excluding hydrogens is 467 g/mol. The van der Waals surface area contributed by atoms with E-state index in [9.17, 15) is 18.0 Å². The van der Waals surface area contributed by atoms with Gasteiger partial charge in [0.25, 0.3) is 0 Å². The van der Waals surface area contributed by atoms with Crippen molar-refractivity contribution in [1.29, 1.82) is 0 Å². The lowest BCUT2D eigenvalue weighted by atomic mass is 10.2. The molecule has 4 rings (SSSR count). The zero-order valence-corrected chi connectivity index (χ0v) is 20.5. The zero-order chi connectivity index (χ0) is 25.9. The highest BCUT2D eigenvalue weighted by molar-refractivity contribution is 6.03. The summed E-state index contributed by atoms with van der Waals surface area (Å²) in [6, 6.07) is 0.705. The third-order valence-electron chi connectivity index (χ3n) is 5.53. The molecule has 2 aliphatic heterocycles. The summed E-state index contributed by atoms with van der Waals surface area (Å²) in [4.78, 5) is 22.8. The van der Waals surface area contributed by atoms with Crippen LogP contribution >= 0.6 is 0 Å². The molecule has 1 unspecified atom stereocenters. The van der Waals surface area contributed by atoms with Crippen LogP contribution in [-0.4, -0.2) is 71.1 Å². The fourth-order valence-corrected chi connectivity index (χ4v) is 3.51. The molecule has 192 valence electrons. The zero-order valence-electron chi connectivity index (χ0n) is 20.5. The van der Waals surface area contributed by atoms with Crippen molar-refractivity contribution in [3.05, 3.63) is 34.9 Å². The van der Waals surface area contributed by atoms with Crippen molar-refractivity contribution in [2.24, 2.45) is 7.05 Å². The monoisotopic (exact) mass is 497 g/mol. The highest BCUT2D eigenvalue weighted by Crippen LogP contribution is 2.32. The van der Waals surface area contributed by atoms with Gasteiger partial charge in [-0.05, 0) is 25.5 Å². The number of carbonyl (C=O) groups is 1. The van der Waals surface area contributed by atoms with Gasteiger partial charge in [-0.2, -0.15) is 23.3 Å². The third kappa shape index (κ3) is 6.00. The Balaban J connectivity index is 0.00000108. The first-order valence-corrected chi connectivity index (χ1v) is 10.8. The second-order valence-electron chi connectivity index (χ2n) is 8.26. The van der Waals surface area contributed by atoms with Crippen LogP contribution in [-0.2, 0) is 29.3 Å². The third-order valence-corrected chi connectivity index (χ3v) is 5.53. The smallest absolute Gasteiger partial charge is 0.388 e. The maximum atomic E-state index is 12.9. The minimum absolute atomic E-state index is 0.106. The molecule has 0 saturated carbocycles. The number of hydrazine groups is 1. The SMILES string of the molecule is COC.Cc1nc(NCC2=CN(Cc3cc(C(F)(F)F)nn3C)NC2)nc2c1NC(=O)C(C)N2C. The van der Waals surface area contributed by atoms with E-state index >= 15 is 0 Å². The molecule has 11 nitrogen and oxygen atoms in total. The molecule has 0 radical (unpaired) electrons. The molecule has 0 fully saturated rings. The molecule has 2 aromatic rings. The molecule has 3 N–H and O–H groups in total. The van der Waals surface area contributed by atoms with Crippen LogP contribution in [0.2, 0.25) is 0 Å². The van der Waals surface area contributed by atoms with Crippen molar-refractivity contribution in [3.63, 3.8) is 0 Å². The maximum Gasteiger partial charge on any atom is 0.435 e. The summed E-state index contributed by atoms with van der Waals surface area (Å²) in [5.74, 6) is 0.964. The van der Waals surface area contributed by atoms with E-state index in [1.165, 1.54) is 11.7 Å². The Morgan fingerprint density at radius 3 is 2.57 bits per heavy atom. The number of nitrogens with zero attached hydrogens (tertiary/aromatic N) is 6. The van der Waals surface area contributed by atoms with E-state index in [1.807, 2.05) is 13.2 Å². The normalized spacial score (nSPS) is 17.5. The largest absolute Gasteiger partial charge is 0.435 e. The minimum atomic E-state index is -4.47. The van der Waals surface area contributed by atoms with Gasteiger partial charge in [-0.1, -0.05) is 0 Å². The minimum Gasteiger partial charge on any atom is -0.388 e. The first-order valence-electron chi connectivity index (χ1n) is 10.8. The summed E-state index contributed by atoms with van der Waals surface area (Å²) in [7, 11) is 6.55. The Bertz CT molecular complexity index is 1100. The Morgan fingerprint density at radius 2 is 1.94 bits per heavy atom. The lowest BCUT2D eigenvalue weighted by molar-refractivity contribution is -0.141. The first-order chi connectivity index (χ1) is 16.4. The fraction of sp³-hybridized carbons (Fsp3) is 0.524. The van der Waals surface area contributed by atoms with Gasteiger partial charge in [-0.3, -0.25) is 9.48 Å². The summed E-state index contributed by atoms with van der Waals surface area (Å²) in [5, 5.41) is 11.3. The predicted octanol–water partition coefficient (Wildman–Crippen LogP) is 1.89. The van der Waals surface area contributed by atoms with Gasteiger partial charge < -0.3 is 25.3 Å². The van der Waals surface area contributed by atoms with Crippen LogP contribution in [0.4, 0.5) is 30.6 Å². The summed E-state index contributed by atoms with van der Waals surface area (Å²) >= 11 is 0. The summed E-state index contributed by atoms with van der Waals surface area (Å²) in [6.45, 7) is 4.82. The van der Waals surface area contributed by atoms with Crippen LogP contribution in [0.15, 0.2) is 17.8 Å². The highest BCUT2D eigenvalue weighted by Gasteiger charge is 2.35. The number of methoxy groups -OCH3 is 1. The molecule has 2 aliphatic rings. The van der Waals surface area contributed by atoms with Crippen LogP contribution in [0.3, 0.4) is 0 Å². The van der Waals surface area contributed by atoms with E-state index in [2.05, 4.69) is 35.9 Å². The molecule has 4 heterocycles. The van der Waals surface area contributed by atoms with Gasteiger partial charge in [-0.25, -0.2) is 10.4 Å². The lowest BCUT2D eigenvalue weighted by Crippen LogP contribution is -2.44. The summed E-state index contributed by atoms with van der Waals surface area (Å²) in [5.41, 5.74) is 4.89. The van der Waals surface area contributed by atoms with Crippen molar-refractivity contribution in [1.82, 2.24) is 30.2 Å². The summed E-state index contributed by atoms with van der Waals surface area (Å²) < 4.78 is 44.0. The van der Waals surface area contributed by atoms with E-state index in [4.69, 9.17) is 0 Å². The van der Waals surface area contributed by atoms with Gasteiger partial charge in [0.2, 0.25) is 11.9 Å². The van der Waals surface area contributed by atoms with Crippen LogP contribution < -0.4 is 21.0 Å². The van der Waals surface area contributed by atoms with Gasteiger partial charge in [0.15, 0.2) is 11.5 Å². The molecule has 0 aromatic carbocycles. The maximum absolute atomic E-state index is 12.9. The quantitative estimate of drug-likeness (QED) is 0.570. The van der Waals surface area contributed by atoms with E-state index < -0.39 is 11.9 Å². The molecule has 35 heavy (non-hydrogen) atoms. The van der Waals surface area contributed by atoms with Crippen LogP contribution in [0.25, 0.3) is 0 Å². The lowest BCUT2D eigenvalue weighted by Gasteiger charge is -2.32. The number of hydrogen-bond acceptors (Lipinski definition) is 9. The molecule has 0 aliphatic carbocycles. The van der Waals surface area contributed by atoms with Crippen molar-refractivity contribution < 1.29 is 22.7 Å². The Morgan fingerprint density at radius 1 is 1.26 bits per heavy atom. The first kappa shape index (κ1) is 26.2. The molecule has 14 heteroatoms. The van der Waals surface area contributed by atoms with E-state index in [0.717, 1.165) is 11.6 Å². The number of nitrogens with one attached hydrogen (secondary N) is 3. The number of anilines is 3. The number of alkyl halides is 3. The molecule has 1 atom stereocenters. The highest BCUT2D eigenvalue weighted by atomic mass is 19.4. The standard InChI is InChI=1S/C19H24F3N9O.C2H6O/c1-10-15-16(29(3)11(2)17(32)26-15)27-18(25-10)23-6-12-7-24-31(8-12)9-13-5-14(19(20,21)22)28-30(13)4;1-3-2/h5,8,11,24H,6-7,9H2,1-4H3,(H,26,32)(H,23,25,27);1-2H3. The van der Waals surface area contributed by atoms with Gasteiger partial charge in [-0.15, -0.1) is 0 Å². The number of ether oxygens (including phenoxy) is 1. The molecule has 0 saturated heterocycles. The molecular formula is C21H30F3N9O2. The van der Waals surface area contributed by atoms with E-state index in [-0.39, 0.29) is 18.5 Å². The number of likely N-dealkylation sites (N-methyl/N-ethyl adjacent to an activating group) is 1. The van der Waals surface area contributed by atoms with Crippen LogP contribution in [0.1, 0.15) is 24.0 Å². The van der Waals surface area contributed by atoms with Gasteiger partial charge in [0.1, 0.15) is 11.7 Å². The van der Waals surface area contributed by atoms with Gasteiger partial charge in [0, 0.05) is 47.6 Å². The summed E-state index contributed by atoms with van der Waals surface area (Å²) in [6.07, 6.45) is -2.63. The Labute approximate surface area is 201 Å². The van der Waals surface area contributed by atoms with Gasteiger partial charge in [0.05, 0.1) is 17.9 Å². The van der Waals surface area contributed by atoms with Crippen molar-refractivity contribution in [2.75, 3.05) is 49.9 Å². The van der Waals surface area contributed by atoms with E-state index in [1.54, 1.807) is 38.0 Å². The molecule has 1 amide bonds. The second kappa shape index (κ2) is 10.5. The Kier molecular flexibility index (Phi) is 7.85. The number of fused-ring (bicyclic) bond motifs is 1. The van der Waals surface area contributed by atoms with E-state index in [0.29, 0.717) is 41.9 Å². The van der Waals surface area contributed by atoms with Gasteiger partial charge >= 0.3 is 6.18 Å². The number of aryl methyl sites for hydroxylation is 2. The fourth-order valence-electron chi connectivity index (χ4n) is 3.51. The number of amides is 1.